The summed E-state index contributed by atoms with van der Waals surface area (Å²) in [6.45, 7) is 8.88. The summed E-state index contributed by atoms with van der Waals surface area (Å²) >= 11 is 0. The van der Waals surface area contributed by atoms with Gasteiger partial charge in [-0.05, 0) is 37.0 Å². The van der Waals surface area contributed by atoms with Crippen LogP contribution in [-0.2, 0) is 9.53 Å². The number of carbonyl (C=O) groups is 1. The Labute approximate surface area is 133 Å². The lowest BCUT2D eigenvalue weighted by Crippen LogP contribution is -2.51. The number of fused-ring (bicyclic) bond motifs is 2. The number of nitrogens with one attached hydrogen (secondary N) is 1. The van der Waals surface area contributed by atoms with Gasteiger partial charge < -0.3 is 15.8 Å². The summed E-state index contributed by atoms with van der Waals surface area (Å²) < 4.78 is 5.80. The fourth-order valence-corrected chi connectivity index (χ4v) is 4.64. The standard InChI is InChI=1S/C17H31N3O2/c1-11(2)9-20-5-6-22-14(10-20)8-19-17(21)15-12-3-4-13(7-12)16(15)18/h11-16H,3-10,18H2,1-2H3,(H,19,21). The van der Waals surface area contributed by atoms with Crippen LogP contribution in [0.4, 0.5) is 0 Å². The van der Waals surface area contributed by atoms with Crippen molar-refractivity contribution in [2.24, 2.45) is 29.4 Å². The zero-order chi connectivity index (χ0) is 15.7. The minimum absolute atomic E-state index is 0.0362. The molecule has 2 saturated carbocycles. The first-order chi connectivity index (χ1) is 10.5. The number of morpholine rings is 1. The summed E-state index contributed by atoms with van der Waals surface area (Å²) in [6.07, 6.45) is 3.66. The molecule has 3 rings (SSSR count). The molecule has 1 amide bonds. The minimum Gasteiger partial charge on any atom is -0.374 e. The van der Waals surface area contributed by atoms with Gasteiger partial charge in [0.25, 0.3) is 0 Å². The number of hydrogen-bond donors (Lipinski definition) is 2. The molecular formula is C17H31N3O2. The lowest BCUT2D eigenvalue weighted by molar-refractivity contribution is -0.128. The maximum atomic E-state index is 12.5. The van der Waals surface area contributed by atoms with Gasteiger partial charge in [0.05, 0.1) is 18.6 Å². The molecule has 1 aliphatic heterocycles. The van der Waals surface area contributed by atoms with Crippen molar-refractivity contribution in [1.82, 2.24) is 10.2 Å². The Kier molecular flexibility index (Phi) is 5.05. The summed E-state index contributed by atoms with van der Waals surface area (Å²) in [5, 5.41) is 3.11. The first-order valence-electron chi connectivity index (χ1n) is 8.92. The lowest BCUT2D eigenvalue weighted by atomic mass is 9.84. The van der Waals surface area contributed by atoms with E-state index in [4.69, 9.17) is 10.5 Å². The highest BCUT2D eigenvalue weighted by molar-refractivity contribution is 5.80. The third-order valence-electron chi connectivity index (χ3n) is 5.63. The number of rotatable bonds is 5. The average Bonchev–Trinajstić information content (AvgIpc) is 3.05. The van der Waals surface area contributed by atoms with E-state index in [9.17, 15) is 4.79 Å². The maximum absolute atomic E-state index is 12.5. The summed E-state index contributed by atoms with van der Waals surface area (Å²) in [4.78, 5) is 14.9. The first-order valence-corrected chi connectivity index (χ1v) is 8.92. The number of amides is 1. The zero-order valence-electron chi connectivity index (χ0n) is 14.0. The second-order valence-electron chi connectivity index (χ2n) is 7.83. The molecule has 5 nitrogen and oxygen atoms in total. The average molecular weight is 309 g/mol. The quantitative estimate of drug-likeness (QED) is 0.789. The van der Waals surface area contributed by atoms with Gasteiger partial charge in [-0.15, -0.1) is 0 Å². The second kappa shape index (κ2) is 6.85. The number of nitrogens with two attached hydrogens (primary N) is 1. The summed E-state index contributed by atoms with van der Waals surface area (Å²) in [6, 6.07) is 0.0727. The SMILES string of the molecule is CC(C)CN1CCOC(CNC(=O)C2C3CCC(C3)C2N)C1. The number of ether oxygens (including phenoxy) is 1. The summed E-state index contributed by atoms with van der Waals surface area (Å²) in [5.41, 5.74) is 6.25. The van der Waals surface area contributed by atoms with E-state index in [-0.39, 0.29) is 24.0 Å². The highest BCUT2D eigenvalue weighted by atomic mass is 16.5. The smallest absolute Gasteiger partial charge is 0.225 e. The molecule has 0 aromatic heterocycles. The van der Waals surface area contributed by atoms with Crippen LogP contribution in [0.25, 0.3) is 0 Å². The van der Waals surface area contributed by atoms with Crippen molar-refractivity contribution >= 4 is 5.91 Å². The molecule has 5 atom stereocenters. The number of nitrogens with zero attached hydrogens (tertiary/aromatic N) is 1. The molecule has 3 aliphatic rings. The van der Waals surface area contributed by atoms with E-state index in [1.54, 1.807) is 0 Å². The van der Waals surface area contributed by atoms with Crippen molar-refractivity contribution < 1.29 is 9.53 Å². The van der Waals surface area contributed by atoms with Crippen LogP contribution < -0.4 is 11.1 Å². The van der Waals surface area contributed by atoms with E-state index in [1.165, 1.54) is 12.8 Å². The van der Waals surface area contributed by atoms with E-state index in [0.29, 0.717) is 24.3 Å². The van der Waals surface area contributed by atoms with Crippen molar-refractivity contribution in [1.29, 1.82) is 0 Å². The van der Waals surface area contributed by atoms with Gasteiger partial charge >= 0.3 is 0 Å². The predicted octanol–water partition coefficient (Wildman–Crippen LogP) is 0.833. The molecule has 0 spiro atoms. The monoisotopic (exact) mass is 309 g/mol. The molecule has 5 heteroatoms. The van der Waals surface area contributed by atoms with E-state index < -0.39 is 0 Å². The van der Waals surface area contributed by atoms with E-state index in [0.717, 1.165) is 32.7 Å². The summed E-state index contributed by atoms with van der Waals surface area (Å²) in [7, 11) is 0. The van der Waals surface area contributed by atoms with E-state index in [1.807, 2.05) is 0 Å². The molecule has 2 aliphatic carbocycles. The van der Waals surface area contributed by atoms with Crippen molar-refractivity contribution in [3.8, 4) is 0 Å². The normalized spacial score (nSPS) is 38.6. The molecule has 2 bridgehead atoms. The van der Waals surface area contributed by atoms with Crippen molar-refractivity contribution in [3.05, 3.63) is 0 Å². The Morgan fingerprint density at radius 2 is 2.14 bits per heavy atom. The van der Waals surface area contributed by atoms with Gasteiger partial charge in [0.1, 0.15) is 0 Å². The highest BCUT2D eigenvalue weighted by Crippen LogP contribution is 2.47. The third kappa shape index (κ3) is 3.47. The Morgan fingerprint density at radius 3 is 2.82 bits per heavy atom. The molecule has 126 valence electrons. The van der Waals surface area contributed by atoms with Crippen LogP contribution in [0.5, 0.6) is 0 Å². The van der Waals surface area contributed by atoms with Crippen molar-refractivity contribution in [3.63, 3.8) is 0 Å². The Bertz CT molecular complexity index is 399. The molecule has 22 heavy (non-hydrogen) atoms. The Morgan fingerprint density at radius 1 is 1.36 bits per heavy atom. The first kappa shape index (κ1) is 16.2. The number of carbonyl (C=O) groups excluding carboxylic acids is 1. The molecule has 3 fully saturated rings. The predicted molar refractivity (Wildman–Crippen MR) is 86.3 cm³/mol. The van der Waals surface area contributed by atoms with Crippen LogP contribution in [-0.4, -0.2) is 55.7 Å². The minimum atomic E-state index is 0.0362. The van der Waals surface area contributed by atoms with Crippen LogP contribution in [0.1, 0.15) is 33.1 Å². The van der Waals surface area contributed by atoms with Gasteiger partial charge in [-0.2, -0.15) is 0 Å². The Hall–Kier alpha value is -0.650. The van der Waals surface area contributed by atoms with Crippen LogP contribution in [0.15, 0.2) is 0 Å². The van der Waals surface area contributed by atoms with Gasteiger partial charge in [0, 0.05) is 32.2 Å². The van der Waals surface area contributed by atoms with Gasteiger partial charge in [-0.1, -0.05) is 13.8 Å². The van der Waals surface area contributed by atoms with Crippen molar-refractivity contribution in [2.75, 3.05) is 32.8 Å². The molecule has 1 saturated heterocycles. The molecule has 1 heterocycles. The molecule has 0 aromatic carbocycles. The van der Waals surface area contributed by atoms with Crippen LogP contribution in [0.3, 0.4) is 0 Å². The fraction of sp³-hybridized carbons (Fsp3) is 0.941. The zero-order valence-corrected chi connectivity index (χ0v) is 14.0. The second-order valence-corrected chi connectivity index (χ2v) is 7.83. The largest absolute Gasteiger partial charge is 0.374 e. The van der Waals surface area contributed by atoms with E-state index in [2.05, 4.69) is 24.1 Å². The number of hydrogen-bond acceptors (Lipinski definition) is 4. The molecule has 5 unspecified atom stereocenters. The van der Waals surface area contributed by atoms with Gasteiger partial charge in [-0.3, -0.25) is 9.69 Å². The molecule has 3 N–H and O–H groups in total. The Balaban J connectivity index is 1.45. The van der Waals surface area contributed by atoms with Gasteiger partial charge in [-0.25, -0.2) is 0 Å². The fourth-order valence-electron chi connectivity index (χ4n) is 4.64. The topological polar surface area (TPSA) is 67.6 Å². The lowest BCUT2D eigenvalue weighted by Gasteiger charge is -2.34. The molecular weight excluding hydrogens is 278 g/mol. The van der Waals surface area contributed by atoms with Gasteiger partial charge in [0.15, 0.2) is 0 Å². The molecule has 0 radical (unpaired) electrons. The highest BCUT2D eigenvalue weighted by Gasteiger charge is 2.49. The van der Waals surface area contributed by atoms with Crippen LogP contribution in [0.2, 0.25) is 0 Å². The van der Waals surface area contributed by atoms with Crippen LogP contribution in [0, 0.1) is 23.7 Å². The van der Waals surface area contributed by atoms with Crippen LogP contribution >= 0.6 is 0 Å². The molecule has 0 aromatic rings. The summed E-state index contributed by atoms with van der Waals surface area (Å²) in [5.74, 6) is 1.96. The maximum Gasteiger partial charge on any atom is 0.225 e. The van der Waals surface area contributed by atoms with Crippen molar-refractivity contribution in [2.45, 2.75) is 45.3 Å². The van der Waals surface area contributed by atoms with E-state index >= 15 is 0 Å². The van der Waals surface area contributed by atoms with Gasteiger partial charge in [0.2, 0.25) is 5.91 Å². The third-order valence-corrected chi connectivity index (χ3v) is 5.63.